The summed E-state index contributed by atoms with van der Waals surface area (Å²) in [4.78, 5) is 26.8. The maximum Gasteiger partial charge on any atom is 0.420 e. The van der Waals surface area contributed by atoms with Crippen LogP contribution in [0, 0.1) is 0 Å². The molecule has 4 aromatic rings. The second-order valence-corrected chi connectivity index (χ2v) is 8.35. The minimum Gasteiger partial charge on any atom is -0.398 e. The topological polar surface area (TPSA) is 89.4 Å². The van der Waals surface area contributed by atoms with Gasteiger partial charge in [0.25, 0.3) is 11.8 Å². The Balaban J connectivity index is 1.89. The van der Waals surface area contributed by atoms with Crippen molar-refractivity contribution in [1.82, 2.24) is 0 Å². The first-order valence-corrected chi connectivity index (χ1v) is 10.7. The standard InChI is InChI=1S/C26H15F6N3O2/c27-25(28,29)17-11-16(12-5-2-1-3-6-12)21(34)20(26(30,31)32)22(17)35-23(36)14-8-4-7-13-18(33)10-9-15(19(13)14)24(35)37/h1-11H,33-34H2. The van der Waals surface area contributed by atoms with Crippen LogP contribution in [-0.4, -0.2) is 11.8 Å². The Bertz CT molecular complexity index is 1590. The summed E-state index contributed by atoms with van der Waals surface area (Å²) in [5.74, 6) is -2.73. The Labute approximate surface area is 204 Å². The molecule has 4 N–H and O–H groups in total. The summed E-state index contributed by atoms with van der Waals surface area (Å²) < 4.78 is 86.4. The summed E-state index contributed by atoms with van der Waals surface area (Å²) in [7, 11) is 0. The summed E-state index contributed by atoms with van der Waals surface area (Å²) >= 11 is 0. The molecule has 1 aliphatic rings. The second kappa shape index (κ2) is 7.99. The Morgan fingerprint density at radius 1 is 0.676 bits per heavy atom. The van der Waals surface area contributed by atoms with Crippen LogP contribution in [0.5, 0.6) is 0 Å². The van der Waals surface area contributed by atoms with Gasteiger partial charge in [0.1, 0.15) is 5.56 Å². The number of carbonyl (C=O) groups is 2. The van der Waals surface area contributed by atoms with Crippen molar-refractivity contribution < 1.29 is 35.9 Å². The van der Waals surface area contributed by atoms with Gasteiger partial charge in [0.2, 0.25) is 0 Å². The quantitative estimate of drug-likeness (QED) is 0.181. The molecular weight excluding hydrogens is 500 g/mol. The fraction of sp³-hybridized carbons (Fsp3) is 0.0769. The van der Waals surface area contributed by atoms with E-state index in [-0.39, 0.29) is 38.1 Å². The average molecular weight is 515 g/mol. The molecule has 11 heteroatoms. The third kappa shape index (κ3) is 3.65. The van der Waals surface area contributed by atoms with Gasteiger partial charge in [-0.1, -0.05) is 42.5 Å². The average Bonchev–Trinajstić information content (AvgIpc) is 2.82. The molecule has 0 radical (unpaired) electrons. The maximum absolute atomic E-state index is 14.4. The zero-order valence-corrected chi connectivity index (χ0v) is 18.5. The van der Waals surface area contributed by atoms with Crippen LogP contribution in [0.2, 0.25) is 0 Å². The number of nitrogen functional groups attached to an aromatic ring is 2. The molecule has 4 aromatic carbocycles. The molecule has 0 bridgehead atoms. The summed E-state index contributed by atoms with van der Waals surface area (Å²) in [6.45, 7) is 0. The van der Waals surface area contributed by atoms with E-state index in [4.69, 9.17) is 11.5 Å². The van der Waals surface area contributed by atoms with Crippen LogP contribution in [-0.2, 0) is 12.4 Å². The summed E-state index contributed by atoms with van der Waals surface area (Å²) in [5.41, 5.74) is 4.35. The Morgan fingerprint density at radius 2 is 1.30 bits per heavy atom. The molecule has 37 heavy (non-hydrogen) atoms. The molecule has 0 aliphatic carbocycles. The lowest BCUT2D eigenvalue weighted by atomic mass is 9.89. The van der Waals surface area contributed by atoms with Gasteiger partial charge < -0.3 is 11.5 Å². The van der Waals surface area contributed by atoms with Crippen molar-refractivity contribution in [3.8, 4) is 11.1 Å². The highest BCUT2D eigenvalue weighted by Gasteiger charge is 2.49. The minimum absolute atomic E-state index is 0.00978. The van der Waals surface area contributed by atoms with Crippen molar-refractivity contribution >= 4 is 39.6 Å². The van der Waals surface area contributed by atoms with Crippen LogP contribution in [0.3, 0.4) is 0 Å². The van der Waals surface area contributed by atoms with Crippen molar-refractivity contribution in [2.24, 2.45) is 0 Å². The molecule has 0 saturated heterocycles. The zero-order chi connectivity index (χ0) is 26.9. The molecular formula is C26H15F6N3O2. The van der Waals surface area contributed by atoms with Crippen molar-refractivity contribution in [2.75, 3.05) is 16.4 Å². The summed E-state index contributed by atoms with van der Waals surface area (Å²) in [5, 5.41) is 0.312. The molecule has 1 aliphatic heterocycles. The Hall–Kier alpha value is -4.54. The van der Waals surface area contributed by atoms with Crippen LogP contribution in [0.4, 0.5) is 43.4 Å². The number of benzene rings is 4. The summed E-state index contributed by atoms with van der Waals surface area (Å²) in [6, 6.07) is 13.9. The lowest BCUT2D eigenvalue weighted by Gasteiger charge is -2.32. The monoisotopic (exact) mass is 515 g/mol. The fourth-order valence-corrected chi connectivity index (χ4v) is 4.60. The number of amides is 2. The summed E-state index contributed by atoms with van der Waals surface area (Å²) in [6.07, 6.45) is -10.8. The lowest BCUT2D eigenvalue weighted by molar-refractivity contribution is -0.141. The number of halogens is 6. The van der Waals surface area contributed by atoms with Crippen LogP contribution >= 0.6 is 0 Å². The van der Waals surface area contributed by atoms with E-state index in [1.807, 2.05) is 0 Å². The molecule has 2 amide bonds. The molecule has 0 saturated carbocycles. The number of nitrogens with zero attached hydrogens (tertiary/aromatic N) is 1. The van der Waals surface area contributed by atoms with Crippen LogP contribution in [0.1, 0.15) is 31.8 Å². The predicted molar refractivity (Wildman–Crippen MR) is 126 cm³/mol. The number of imide groups is 1. The molecule has 5 nitrogen and oxygen atoms in total. The highest BCUT2D eigenvalue weighted by atomic mass is 19.4. The third-order valence-electron chi connectivity index (χ3n) is 6.18. The molecule has 0 spiro atoms. The lowest BCUT2D eigenvalue weighted by Crippen LogP contribution is -2.43. The van der Waals surface area contributed by atoms with Crippen LogP contribution in [0.25, 0.3) is 21.9 Å². The minimum atomic E-state index is -5.46. The number of nitrogens with two attached hydrogens (primary N) is 2. The van der Waals surface area contributed by atoms with Crippen molar-refractivity contribution in [2.45, 2.75) is 12.4 Å². The van der Waals surface area contributed by atoms with Gasteiger partial charge in [-0.3, -0.25) is 9.59 Å². The first-order chi connectivity index (χ1) is 17.3. The van der Waals surface area contributed by atoms with E-state index in [9.17, 15) is 35.9 Å². The number of anilines is 3. The smallest absolute Gasteiger partial charge is 0.398 e. The number of alkyl halides is 6. The van der Waals surface area contributed by atoms with Gasteiger partial charge in [-0.05, 0) is 29.8 Å². The fourth-order valence-electron chi connectivity index (χ4n) is 4.60. The number of hydrogen-bond donors (Lipinski definition) is 2. The first kappa shape index (κ1) is 24.2. The molecule has 0 unspecified atom stereocenters. The highest BCUT2D eigenvalue weighted by Crippen LogP contribution is 2.52. The maximum atomic E-state index is 14.4. The van der Waals surface area contributed by atoms with E-state index in [0.29, 0.717) is 6.07 Å². The highest BCUT2D eigenvalue weighted by molar-refractivity contribution is 6.37. The van der Waals surface area contributed by atoms with E-state index in [1.165, 1.54) is 54.6 Å². The third-order valence-corrected chi connectivity index (χ3v) is 6.18. The largest absolute Gasteiger partial charge is 0.420 e. The Morgan fingerprint density at radius 3 is 1.89 bits per heavy atom. The van der Waals surface area contributed by atoms with E-state index < -0.39 is 52.2 Å². The predicted octanol–water partition coefficient (Wildman–Crippen LogP) is 6.51. The number of rotatable bonds is 2. The van der Waals surface area contributed by atoms with Gasteiger partial charge in [0.15, 0.2) is 0 Å². The van der Waals surface area contributed by atoms with Crippen LogP contribution < -0.4 is 16.4 Å². The normalized spacial score (nSPS) is 13.9. The van der Waals surface area contributed by atoms with Crippen LogP contribution in [0.15, 0.2) is 66.7 Å². The second-order valence-electron chi connectivity index (χ2n) is 8.35. The van der Waals surface area contributed by atoms with E-state index in [0.717, 1.165) is 6.07 Å². The van der Waals surface area contributed by atoms with Gasteiger partial charge in [0.05, 0.1) is 16.9 Å². The number of hydrogen-bond acceptors (Lipinski definition) is 4. The SMILES string of the molecule is Nc1c(-c2ccccc2)cc(C(F)(F)F)c(N2C(=O)c3cccc4c(N)ccc(c34)C2=O)c1C(F)(F)F. The first-order valence-electron chi connectivity index (χ1n) is 10.7. The molecule has 0 aromatic heterocycles. The van der Waals surface area contributed by atoms with E-state index in [2.05, 4.69) is 0 Å². The number of carbonyl (C=O) groups excluding carboxylic acids is 2. The van der Waals surface area contributed by atoms with Gasteiger partial charge in [0, 0.05) is 33.2 Å². The molecule has 0 fully saturated rings. The molecule has 5 rings (SSSR count). The van der Waals surface area contributed by atoms with E-state index in [1.54, 1.807) is 0 Å². The van der Waals surface area contributed by atoms with E-state index >= 15 is 0 Å². The Kier molecular flexibility index (Phi) is 5.22. The van der Waals surface area contributed by atoms with Crippen molar-refractivity contribution in [3.05, 3.63) is 89.0 Å². The molecule has 1 heterocycles. The van der Waals surface area contributed by atoms with Gasteiger partial charge in [-0.2, -0.15) is 26.3 Å². The molecule has 188 valence electrons. The van der Waals surface area contributed by atoms with Gasteiger partial charge in [-0.15, -0.1) is 0 Å². The van der Waals surface area contributed by atoms with Gasteiger partial charge >= 0.3 is 12.4 Å². The van der Waals surface area contributed by atoms with Crippen molar-refractivity contribution in [1.29, 1.82) is 0 Å². The van der Waals surface area contributed by atoms with Crippen molar-refractivity contribution in [3.63, 3.8) is 0 Å². The van der Waals surface area contributed by atoms with Gasteiger partial charge in [-0.25, -0.2) is 4.90 Å². The zero-order valence-electron chi connectivity index (χ0n) is 18.5. The molecule has 0 atom stereocenters.